The van der Waals surface area contributed by atoms with Crippen molar-refractivity contribution in [2.75, 3.05) is 13.6 Å². The molecule has 3 rings (SSSR count). The van der Waals surface area contributed by atoms with E-state index in [4.69, 9.17) is 0 Å². The number of halogens is 1. The molecule has 2 aliphatic rings. The quantitative estimate of drug-likeness (QED) is 0.840. The molecule has 1 aromatic rings. The second-order valence-electron chi connectivity index (χ2n) is 6.57. The molecule has 0 aromatic heterocycles. The van der Waals surface area contributed by atoms with E-state index in [1.807, 2.05) is 16.8 Å². The smallest absolute Gasteiger partial charge is 0.227 e. The maximum Gasteiger partial charge on any atom is 0.227 e. The van der Waals surface area contributed by atoms with Crippen LogP contribution < -0.4 is 0 Å². The van der Waals surface area contributed by atoms with E-state index in [0.717, 1.165) is 32.2 Å². The highest BCUT2D eigenvalue weighted by Crippen LogP contribution is 2.29. The van der Waals surface area contributed by atoms with Crippen LogP contribution in [-0.4, -0.2) is 47.3 Å². The van der Waals surface area contributed by atoms with Gasteiger partial charge in [0.1, 0.15) is 5.82 Å². The summed E-state index contributed by atoms with van der Waals surface area (Å²) >= 11 is 0. The Hall–Kier alpha value is -1.91. The number of piperidine rings is 1. The van der Waals surface area contributed by atoms with Crippen LogP contribution in [0.15, 0.2) is 24.3 Å². The maximum atomic E-state index is 13.3. The van der Waals surface area contributed by atoms with Crippen molar-refractivity contribution in [2.45, 2.75) is 50.6 Å². The van der Waals surface area contributed by atoms with Crippen LogP contribution in [0.4, 0.5) is 4.39 Å². The van der Waals surface area contributed by atoms with Crippen LogP contribution in [0, 0.1) is 5.82 Å². The lowest BCUT2D eigenvalue weighted by atomic mass is 9.92. The third-order valence-electron chi connectivity index (χ3n) is 5.09. The van der Waals surface area contributed by atoms with E-state index >= 15 is 0 Å². The van der Waals surface area contributed by atoms with Crippen LogP contribution in [0.25, 0.3) is 0 Å². The number of nitrogens with zero attached hydrogens (tertiary/aromatic N) is 2. The second-order valence-corrected chi connectivity index (χ2v) is 6.57. The van der Waals surface area contributed by atoms with Gasteiger partial charge in [0.15, 0.2) is 0 Å². The van der Waals surface area contributed by atoms with Gasteiger partial charge in [0.2, 0.25) is 11.8 Å². The number of rotatable bonds is 2. The second kappa shape index (κ2) is 6.69. The number of hydrogen-bond donors (Lipinski definition) is 0. The van der Waals surface area contributed by atoms with Gasteiger partial charge in [-0.1, -0.05) is 12.1 Å². The Morgan fingerprint density at radius 3 is 2.83 bits per heavy atom. The summed E-state index contributed by atoms with van der Waals surface area (Å²) < 4.78 is 13.3. The van der Waals surface area contributed by atoms with Crippen molar-refractivity contribution in [3.63, 3.8) is 0 Å². The van der Waals surface area contributed by atoms with Gasteiger partial charge in [-0.3, -0.25) is 9.59 Å². The molecule has 124 valence electrons. The molecular weight excluding hydrogens is 295 g/mol. The molecule has 2 aliphatic heterocycles. The number of carbonyl (C=O) groups excluding carboxylic acids is 2. The van der Waals surface area contributed by atoms with Crippen LogP contribution in [0.3, 0.4) is 0 Å². The monoisotopic (exact) mass is 318 g/mol. The number of hydrogen-bond acceptors (Lipinski definition) is 2. The number of likely N-dealkylation sites (N-methyl/N-ethyl adjacent to an activating group) is 1. The van der Waals surface area contributed by atoms with Crippen LogP contribution in [0.1, 0.15) is 37.7 Å². The number of amides is 2. The molecule has 0 saturated carbocycles. The van der Waals surface area contributed by atoms with Crippen molar-refractivity contribution >= 4 is 11.8 Å². The van der Waals surface area contributed by atoms with E-state index in [9.17, 15) is 14.0 Å². The predicted octanol–water partition coefficient (Wildman–Crippen LogP) is 2.37. The van der Waals surface area contributed by atoms with E-state index in [0.29, 0.717) is 12.0 Å². The first-order valence-electron chi connectivity index (χ1n) is 8.36. The van der Waals surface area contributed by atoms with E-state index in [1.54, 1.807) is 12.1 Å². The van der Waals surface area contributed by atoms with Gasteiger partial charge < -0.3 is 9.80 Å². The molecule has 2 saturated heterocycles. The Bertz CT molecular complexity index is 604. The largest absolute Gasteiger partial charge is 0.341 e. The van der Waals surface area contributed by atoms with Crippen LogP contribution >= 0.6 is 0 Å². The Kier molecular flexibility index (Phi) is 4.64. The summed E-state index contributed by atoms with van der Waals surface area (Å²) in [5, 5.41) is 0. The van der Waals surface area contributed by atoms with Crippen molar-refractivity contribution < 1.29 is 14.0 Å². The number of likely N-dealkylation sites (tertiary alicyclic amines) is 2. The molecule has 0 aliphatic carbocycles. The average molecular weight is 318 g/mol. The number of benzene rings is 1. The Morgan fingerprint density at radius 1 is 1.26 bits per heavy atom. The summed E-state index contributed by atoms with van der Waals surface area (Å²) in [4.78, 5) is 28.5. The van der Waals surface area contributed by atoms with Gasteiger partial charge in [0.05, 0.1) is 18.5 Å². The van der Waals surface area contributed by atoms with Crippen molar-refractivity contribution in [1.82, 2.24) is 9.80 Å². The third-order valence-corrected chi connectivity index (χ3v) is 5.09. The van der Waals surface area contributed by atoms with Crippen LogP contribution in [-0.2, 0) is 16.0 Å². The standard InChI is InChI=1S/C18H23FN2O2/c1-20-15-8-4-10-21(16(15)7-3-9-17(20)22)18(23)12-13-5-2-6-14(19)11-13/h2,5-6,11,15-16H,3-4,7-10,12H2,1H3/t15-,16-/m1/s1. The van der Waals surface area contributed by atoms with Crippen LogP contribution in [0.5, 0.6) is 0 Å². The first-order chi connectivity index (χ1) is 11.1. The zero-order valence-corrected chi connectivity index (χ0v) is 13.5. The highest BCUT2D eigenvalue weighted by Gasteiger charge is 2.39. The summed E-state index contributed by atoms with van der Waals surface area (Å²) in [5.41, 5.74) is 0.704. The highest BCUT2D eigenvalue weighted by molar-refractivity contribution is 5.80. The van der Waals surface area contributed by atoms with E-state index in [-0.39, 0.29) is 36.1 Å². The topological polar surface area (TPSA) is 40.6 Å². The van der Waals surface area contributed by atoms with Gasteiger partial charge in [0, 0.05) is 20.0 Å². The van der Waals surface area contributed by atoms with Crippen LogP contribution in [0.2, 0.25) is 0 Å². The molecule has 23 heavy (non-hydrogen) atoms. The summed E-state index contributed by atoms with van der Waals surface area (Å²) in [6, 6.07) is 6.44. The molecule has 1 aromatic carbocycles. The van der Waals surface area contributed by atoms with E-state index in [2.05, 4.69) is 0 Å². The van der Waals surface area contributed by atoms with Crippen molar-refractivity contribution in [1.29, 1.82) is 0 Å². The molecule has 4 nitrogen and oxygen atoms in total. The molecular formula is C18H23FN2O2. The predicted molar refractivity (Wildman–Crippen MR) is 85.2 cm³/mol. The minimum absolute atomic E-state index is 0.0352. The fourth-order valence-electron chi connectivity index (χ4n) is 3.89. The molecule has 2 amide bonds. The Labute approximate surface area is 136 Å². The maximum absolute atomic E-state index is 13.3. The lowest BCUT2D eigenvalue weighted by Gasteiger charge is -2.43. The van der Waals surface area contributed by atoms with Gasteiger partial charge in [-0.05, 0) is 43.4 Å². The first-order valence-corrected chi connectivity index (χ1v) is 8.36. The summed E-state index contributed by atoms with van der Waals surface area (Å²) in [6.07, 6.45) is 4.35. The van der Waals surface area contributed by atoms with E-state index < -0.39 is 0 Å². The Balaban J connectivity index is 1.75. The minimum Gasteiger partial charge on any atom is -0.341 e. The number of carbonyl (C=O) groups is 2. The Morgan fingerprint density at radius 2 is 2.04 bits per heavy atom. The normalized spacial score (nSPS) is 25.0. The van der Waals surface area contributed by atoms with Gasteiger partial charge in [0.25, 0.3) is 0 Å². The molecule has 0 bridgehead atoms. The molecule has 0 radical (unpaired) electrons. The SMILES string of the molecule is CN1C(=O)CCC[C@@H]2[C@H]1CCCN2C(=O)Cc1cccc(F)c1. The lowest BCUT2D eigenvalue weighted by molar-refractivity contribution is -0.140. The molecule has 0 spiro atoms. The zero-order valence-electron chi connectivity index (χ0n) is 13.5. The number of fused-ring (bicyclic) bond motifs is 1. The minimum atomic E-state index is -0.313. The summed E-state index contributed by atoms with van der Waals surface area (Å²) in [7, 11) is 1.85. The molecule has 2 heterocycles. The van der Waals surface area contributed by atoms with Gasteiger partial charge >= 0.3 is 0 Å². The van der Waals surface area contributed by atoms with Crippen molar-refractivity contribution in [3.05, 3.63) is 35.6 Å². The summed E-state index contributed by atoms with van der Waals surface area (Å²) in [5.74, 6) is -0.100. The zero-order chi connectivity index (χ0) is 16.4. The summed E-state index contributed by atoms with van der Waals surface area (Å²) in [6.45, 7) is 0.733. The molecule has 0 N–H and O–H groups in total. The first kappa shape index (κ1) is 16.0. The highest BCUT2D eigenvalue weighted by atomic mass is 19.1. The van der Waals surface area contributed by atoms with Gasteiger partial charge in [-0.15, -0.1) is 0 Å². The van der Waals surface area contributed by atoms with Crippen molar-refractivity contribution in [2.24, 2.45) is 0 Å². The van der Waals surface area contributed by atoms with Crippen molar-refractivity contribution in [3.8, 4) is 0 Å². The third kappa shape index (κ3) is 3.38. The molecule has 0 unspecified atom stereocenters. The molecule has 2 fully saturated rings. The molecule has 2 atom stereocenters. The van der Waals surface area contributed by atoms with E-state index in [1.165, 1.54) is 12.1 Å². The van der Waals surface area contributed by atoms with Gasteiger partial charge in [-0.2, -0.15) is 0 Å². The lowest BCUT2D eigenvalue weighted by Crippen LogP contribution is -2.56. The fraction of sp³-hybridized carbons (Fsp3) is 0.556. The van der Waals surface area contributed by atoms with Gasteiger partial charge in [-0.25, -0.2) is 4.39 Å². The average Bonchev–Trinajstić information content (AvgIpc) is 2.67. The fourth-order valence-corrected chi connectivity index (χ4v) is 3.89. The molecule has 5 heteroatoms.